The molecule has 9 heteroatoms. The first-order valence-corrected chi connectivity index (χ1v) is 11.7. The molecule has 2 heterocycles. The van der Waals surface area contributed by atoms with E-state index in [4.69, 9.17) is 5.41 Å². The third kappa shape index (κ3) is 5.51. The topological polar surface area (TPSA) is 119 Å². The van der Waals surface area contributed by atoms with Crippen LogP contribution in [0.15, 0.2) is 35.2 Å². The van der Waals surface area contributed by atoms with Gasteiger partial charge in [-0.3, -0.25) is 10.2 Å². The van der Waals surface area contributed by atoms with Crippen LogP contribution >= 0.6 is 11.5 Å². The molecule has 1 aliphatic rings. The van der Waals surface area contributed by atoms with Gasteiger partial charge in [-0.15, -0.1) is 0 Å². The van der Waals surface area contributed by atoms with Gasteiger partial charge in [0.2, 0.25) is 0 Å². The molecule has 0 bridgehead atoms. The number of hydrogen-bond acceptors (Lipinski definition) is 7. The van der Waals surface area contributed by atoms with Crippen LogP contribution in [0.2, 0.25) is 0 Å². The molecule has 0 aliphatic carbocycles. The van der Waals surface area contributed by atoms with Crippen molar-refractivity contribution in [2.75, 3.05) is 0 Å². The SMILES string of the molecule is C=C1C(NC(=O)C(=N)c2nsc(C)n2)C(CCC)N1/C(C(=O)O)=C(/C=C(/C)CCC)CC. The maximum Gasteiger partial charge on any atom is 0.352 e. The largest absolute Gasteiger partial charge is 0.477 e. The Bertz CT molecular complexity index is 963. The number of amides is 1. The van der Waals surface area contributed by atoms with Gasteiger partial charge in [0.1, 0.15) is 10.7 Å². The first-order chi connectivity index (χ1) is 15.2. The summed E-state index contributed by atoms with van der Waals surface area (Å²) in [5.74, 6) is -1.51. The first-order valence-electron chi connectivity index (χ1n) is 11.0. The highest BCUT2D eigenvalue weighted by atomic mass is 32.1. The van der Waals surface area contributed by atoms with E-state index in [9.17, 15) is 14.7 Å². The first kappa shape index (κ1) is 25.5. The van der Waals surface area contributed by atoms with E-state index in [1.807, 2.05) is 26.8 Å². The molecule has 2 rings (SSSR count). The number of nitrogens with one attached hydrogen (secondary N) is 2. The summed E-state index contributed by atoms with van der Waals surface area (Å²) >= 11 is 1.13. The van der Waals surface area contributed by atoms with Gasteiger partial charge in [0, 0.05) is 5.70 Å². The number of aromatic nitrogens is 2. The fourth-order valence-corrected chi connectivity index (χ4v) is 4.42. The fraction of sp³-hybridized carbons (Fsp3) is 0.522. The van der Waals surface area contributed by atoms with Crippen LogP contribution in [0.5, 0.6) is 0 Å². The second-order valence-corrected chi connectivity index (χ2v) is 8.91. The van der Waals surface area contributed by atoms with Crippen molar-refractivity contribution in [3.63, 3.8) is 0 Å². The Morgan fingerprint density at radius 3 is 2.50 bits per heavy atom. The molecule has 0 radical (unpaired) electrons. The number of hydrogen-bond donors (Lipinski definition) is 3. The molecule has 3 N–H and O–H groups in total. The standard InChI is InChI=1S/C23H33N5O3S/c1-7-10-13(4)12-16(9-3)20(23(30)31)28-14(5)19(17(28)11-8-2)26-22(29)18(24)21-25-15(6)32-27-21/h12,17,19,24H,5,7-11H2,1-4,6H3,(H,26,29)(H,30,31)/b13-12-,20-16+,24-18?. The van der Waals surface area contributed by atoms with Gasteiger partial charge in [-0.1, -0.05) is 51.8 Å². The third-order valence-corrected chi connectivity index (χ3v) is 6.05. The lowest BCUT2D eigenvalue weighted by Gasteiger charge is -2.52. The van der Waals surface area contributed by atoms with E-state index in [1.165, 1.54) is 0 Å². The van der Waals surface area contributed by atoms with Crippen molar-refractivity contribution in [2.45, 2.75) is 78.8 Å². The van der Waals surface area contributed by atoms with E-state index in [-0.39, 0.29) is 23.3 Å². The number of carboxylic acid groups (broad SMARTS) is 1. The minimum absolute atomic E-state index is 0.0924. The summed E-state index contributed by atoms with van der Waals surface area (Å²) < 4.78 is 4.03. The Labute approximate surface area is 193 Å². The Hall–Kier alpha value is -2.81. The Morgan fingerprint density at radius 2 is 2.00 bits per heavy atom. The molecule has 1 saturated heterocycles. The Kier molecular flexibility index (Phi) is 8.89. The highest BCUT2D eigenvalue weighted by Crippen LogP contribution is 2.38. The minimum atomic E-state index is -1.01. The number of rotatable bonds is 11. The van der Waals surface area contributed by atoms with E-state index in [0.29, 0.717) is 23.5 Å². The zero-order valence-electron chi connectivity index (χ0n) is 19.5. The number of aliphatic carboxylic acids is 1. The number of likely N-dealkylation sites (tertiary alicyclic amines) is 1. The van der Waals surface area contributed by atoms with Gasteiger partial charge in [0.15, 0.2) is 11.5 Å². The number of carbonyl (C=O) groups is 2. The van der Waals surface area contributed by atoms with Crippen LogP contribution in [-0.2, 0) is 9.59 Å². The molecule has 8 nitrogen and oxygen atoms in total. The highest BCUT2D eigenvalue weighted by molar-refractivity contribution is 7.05. The lowest BCUT2D eigenvalue weighted by atomic mass is 9.86. The van der Waals surface area contributed by atoms with Gasteiger partial charge in [0.25, 0.3) is 5.91 Å². The maximum atomic E-state index is 12.7. The third-order valence-electron chi connectivity index (χ3n) is 5.43. The monoisotopic (exact) mass is 459 g/mol. The molecule has 0 aromatic carbocycles. The van der Waals surface area contributed by atoms with Gasteiger partial charge >= 0.3 is 5.97 Å². The summed E-state index contributed by atoms with van der Waals surface area (Å²) in [5.41, 5.74) is 2.29. The van der Waals surface area contributed by atoms with Crippen molar-refractivity contribution >= 4 is 29.1 Å². The predicted octanol–water partition coefficient (Wildman–Crippen LogP) is 4.19. The molecular formula is C23H33N5O3S. The second-order valence-electron chi connectivity index (χ2n) is 7.95. The molecule has 1 aromatic heterocycles. The van der Waals surface area contributed by atoms with Crippen molar-refractivity contribution in [3.8, 4) is 0 Å². The van der Waals surface area contributed by atoms with E-state index < -0.39 is 17.9 Å². The van der Waals surface area contributed by atoms with Crippen LogP contribution in [0, 0.1) is 12.3 Å². The quantitative estimate of drug-likeness (QED) is 0.259. The molecule has 32 heavy (non-hydrogen) atoms. The van der Waals surface area contributed by atoms with E-state index in [0.717, 1.165) is 41.9 Å². The average Bonchev–Trinajstić information content (AvgIpc) is 3.18. The van der Waals surface area contributed by atoms with Crippen molar-refractivity contribution in [1.82, 2.24) is 19.6 Å². The molecule has 1 fully saturated rings. The Morgan fingerprint density at radius 1 is 1.31 bits per heavy atom. The maximum absolute atomic E-state index is 12.7. The predicted molar refractivity (Wildman–Crippen MR) is 127 cm³/mol. The number of carbonyl (C=O) groups excluding carboxylic acids is 1. The lowest BCUT2D eigenvalue weighted by molar-refractivity contribution is -0.135. The summed E-state index contributed by atoms with van der Waals surface area (Å²) in [6, 6.07) is -0.697. The van der Waals surface area contributed by atoms with E-state index in [2.05, 4.69) is 28.2 Å². The van der Waals surface area contributed by atoms with E-state index in [1.54, 1.807) is 11.8 Å². The molecular weight excluding hydrogens is 426 g/mol. The van der Waals surface area contributed by atoms with Gasteiger partial charge in [-0.25, -0.2) is 9.78 Å². The number of aryl methyl sites for hydroxylation is 1. The van der Waals surface area contributed by atoms with Gasteiger partial charge in [-0.2, -0.15) is 4.37 Å². The summed E-state index contributed by atoms with van der Waals surface area (Å²) in [5, 5.41) is 21.7. The molecule has 1 aromatic rings. The van der Waals surface area contributed by atoms with Gasteiger partial charge in [-0.05, 0) is 50.2 Å². The fourth-order valence-electron chi connectivity index (χ4n) is 3.94. The van der Waals surface area contributed by atoms with Gasteiger partial charge < -0.3 is 15.3 Å². The van der Waals surface area contributed by atoms with Crippen LogP contribution in [-0.4, -0.2) is 49.0 Å². The van der Waals surface area contributed by atoms with Crippen LogP contribution in [0.3, 0.4) is 0 Å². The molecule has 0 spiro atoms. The number of nitrogens with zero attached hydrogens (tertiary/aromatic N) is 3. The number of allylic oxidation sites excluding steroid dienone is 3. The Balaban J connectivity index is 2.32. The number of carboxylic acids is 1. The highest BCUT2D eigenvalue weighted by Gasteiger charge is 2.46. The van der Waals surface area contributed by atoms with Crippen molar-refractivity contribution in [2.24, 2.45) is 0 Å². The van der Waals surface area contributed by atoms with Crippen LogP contribution in [0.1, 0.15) is 70.6 Å². The molecule has 174 valence electrons. The van der Waals surface area contributed by atoms with Crippen LogP contribution in [0.4, 0.5) is 0 Å². The minimum Gasteiger partial charge on any atom is -0.477 e. The molecule has 1 aliphatic heterocycles. The van der Waals surface area contributed by atoms with Gasteiger partial charge in [0.05, 0.1) is 12.1 Å². The molecule has 2 atom stereocenters. The summed E-state index contributed by atoms with van der Waals surface area (Å²) in [6.45, 7) is 13.9. The smallest absolute Gasteiger partial charge is 0.352 e. The van der Waals surface area contributed by atoms with Crippen molar-refractivity contribution < 1.29 is 14.7 Å². The zero-order valence-corrected chi connectivity index (χ0v) is 20.3. The lowest BCUT2D eigenvalue weighted by Crippen LogP contribution is -2.65. The summed E-state index contributed by atoms with van der Waals surface area (Å²) in [6.07, 6.45) is 5.91. The van der Waals surface area contributed by atoms with Crippen LogP contribution in [0.25, 0.3) is 0 Å². The average molecular weight is 460 g/mol. The summed E-state index contributed by atoms with van der Waals surface area (Å²) in [7, 11) is 0. The molecule has 1 amide bonds. The van der Waals surface area contributed by atoms with E-state index >= 15 is 0 Å². The van der Waals surface area contributed by atoms with Crippen molar-refractivity contribution in [3.05, 3.63) is 46.0 Å². The summed E-state index contributed by atoms with van der Waals surface area (Å²) in [4.78, 5) is 30.8. The zero-order chi connectivity index (χ0) is 24.0. The molecule has 2 unspecified atom stereocenters. The van der Waals surface area contributed by atoms with Crippen molar-refractivity contribution in [1.29, 1.82) is 5.41 Å². The normalized spacial score (nSPS) is 19.3. The second kappa shape index (κ2) is 11.2. The molecule has 0 saturated carbocycles. The van der Waals surface area contributed by atoms with Crippen LogP contribution < -0.4 is 5.32 Å².